The van der Waals surface area contributed by atoms with Crippen molar-refractivity contribution in [1.29, 1.82) is 0 Å². The molecular formula is C28H27ClFN5O2. The van der Waals surface area contributed by atoms with Crippen molar-refractivity contribution in [1.82, 2.24) is 14.9 Å². The van der Waals surface area contributed by atoms with Crippen LogP contribution in [0.1, 0.15) is 12.8 Å². The number of imidazole rings is 1. The lowest BCUT2D eigenvalue weighted by Gasteiger charge is -2.20. The molecule has 0 unspecified atom stereocenters. The summed E-state index contributed by atoms with van der Waals surface area (Å²) in [5.74, 6) is -0.546. The molecule has 0 saturated carbocycles. The number of rotatable bonds is 7. The Morgan fingerprint density at radius 3 is 2.46 bits per heavy atom. The van der Waals surface area contributed by atoms with Crippen LogP contribution in [0.2, 0.25) is 5.02 Å². The number of phenolic OH excluding ortho intramolecular Hbond substituents is 1. The van der Waals surface area contributed by atoms with E-state index < -0.39 is 5.82 Å². The maximum absolute atomic E-state index is 14.9. The average molecular weight is 520 g/mol. The Hall–Kier alpha value is -4.04. The Labute approximate surface area is 219 Å². The lowest BCUT2D eigenvalue weighted by molar-refractivity contribution is -0.106. The largest absolute Gasteiger partial charge is 0.507 e. The second-order valence-electron chi connectivity index (χ2n) is 9.28. The molecule has 2 N–H and O–H groups in total. The third kappa shape index (κ3) is 4.84. The van der Waals surface area contributed by atoms with Crippen LogP contribution in [-0.4, -0.2) is 53.6 Å². The molecule has 1 aliphatic rings. The topological polar surface area (TPSA) is 75.7 Å². The first-order chi connectivity index (χ1) is 17.9. The molecular weight excluding hydrogens is 493 g/mol. The number of aromatic nitrogens is 2. The van der Waals surface area contributed by atoms with Gasteiger partial charge in [-0.1, -0.05) is 17.7 Å². The number of anilines is 2. The van der Waals surface area contributed by atoms with E-state index in [-0.39, 0.29) is 10.8 Å². The van der Waals surface area contributed by atoms with Crippen molar-refractivity contribution in [2.45, 2.75) is 12.8 Å². The lowest BCUT2D eigenvalue weighted by Crippen LogP contribution is -2.18. The molecule has 0 aliphatic carbocycles. The predicted molar refractivity (Wildman–Crippen MR) is 146 cm³/mol. The van der Waals surface area contributed by atoms with Gasteiger partial charge in [0, 0.05) is 50.7 Å². The van der Waals surface area contributed by atoms with Crippen molar-refractivity contribution in [2.75, 3.05) is 37.0 Å². The summed E-state index contributed by atoms with van der Waals surface area (Å²) in [6.45, 7) is 1.86. The molecule has 1 amide bonds. The van der Waals surface area contributed by atoms with Crippen molar-refractivity contribution in [3.63, 3.8) is 0 Å². The molecule has 1 fully saturated rings. The number of nitrogens with one attached hydrogen (secondary N) is 1. The number of amides is 1. The summed E-state index contributed by atoms with van der Waals surface area (Å²) in [7, 11) is 3.68. The molecule has 5 rings (SSSR count). The molecule has 0 spiro atoms. The Balaban J connectivity index is 1.58. The molecule has 3 aromatic carbocycles. The number of hydrogen-bond acceptors (Lipinski definition) is 5. The van der Waals surface area contributed by atoms with Crippen molar-refractivity contribution >= 4 is 40.4 Å². The van der Waals surface area contributed by atoms with E-state index in [4.69, 9.17) is 11.6 Å². The van der Waals surface area contributed by atoms with E-state index in [9.17, 15) is 14.3 Å². The van der Waals surface area contributed by atoms with Gasteiger partial charge in [-0.05, 0) is 60.4 Å². The van der Waals surface area contributed by atoms with E-state index in [1.54, 1.807) is 41.8 Å². The predicted octanol–water partition coefficient (Wildman–Crippen LogP) is 5.99. The summed E-state index contributed by atoms with van der Waals surface area (Å²) in [5, 5.41) is 11.6. The third-order valence-corrected chi connectivity index (χ3v) is 6.81. The van der Waals surface area contributed by atoms with Crippen LogP contribution < -0.4 is 9.80 Å². The lowest BCUT2D eigenvalue weighted by atomic mass is 9.96. The van der Waals surface area contributed by atoms with Gasteiger partial charge in [0.2, 0.25) is 6.41 Å². The number of aromatic hydroxyl groups is 1. The zero-order valence-corrected chi connectivity index (χ0v) is 21.3. The van der Waals surface area contributed by atoms with Gasteiger partial charge < -0.3 is 19.9 Å². The Bertz CT molecular complexity index is 1490. The number of nitrogens with zero attached hydrogens (tertiary/aromatic N) is 4. The van der Waals surface area contributed by atoms with Crippen LogP contribution >= 0.6 is 11.6 Å². The van der Waals surface area contributed by atoms with Crippen LogP contribution in [0.3, 0.4) is 0 Å². The molecule has 1 aliphatic heterocycles. The highest BCUT2D eigenvalue weighted by Gasteiger charge is 2.21. The summed E-state index contributed by atoms with van der Waals surface area (Å²) in [6, 6.07) is 11.4. The highest BCUT2D eigenvalue weighted by Crippen LogP contribution is 2.43. The second-order valence-corrected chi connectivity index (χ2v) is 9.69. The summed E-state index contributed by atoms with van der Waals surface area (Å²) >= 11 is 6.52. The maximum Gasteiger partial charge on any atom is 0.218 e. The monoisotopic (exact) mass is 519 g/mol. The van der Waals surface area contributed by atoms with E-state index in [0.29, 0.717) is 34.4 Å². The fourth-order valence-electron chi connectivity index (χ4n) is 4.69. The number of H-pyrrole nitrogens is 1. The van der Waals surface area contributed by atoms with Crippen LogP contribution in [0.5, 0.6) is 5.75 Å². The van der Waals surface area contributed by atoms with Crippen LogP contribution in [-0.2, 0) is 4.79 Å². The molecule has 9 heteroatoms. The molecule has 4 aromatic rings. The molecule has 190 valence electrons. The molecule has 0 atom stereocenters. The fraction of sp³-hybridized carbons (Fsp3) is 0.214. The van der Waals surface area contributed by atoms with E-state index in [2.05, 4.69) is 14.9 Å². The number of aromatic amines is 1. The normalized spacial score (nSPS) is 13.6. The molecule has 7 nitrogen and oxygen atoms in total. The quantitative estimate of drug-likeness (QED) is 0.293. The van der Waals surface area contributed by atoms with Gasteiger partial charge in [-0.25, -0.2) is 9.37 Å². The Morgan fingerprint density at radius 2 is 1.78 bits per heavy atom. The summed E-state index contributed by atoms with van der Waals surface area (Å²) in [4.78, 5) is 24.7. The Kier molecular flexibility index (Phi) is 6.76. The van der Waals surface area contributed by atoms with Crippen LogP contribution in [0.4, 0.5) is 15.8 Å². The van der Waals surface area contributed by atoms with Gasteiger partial charge >= 0.3 is 0 Å². The SMILES string of the molecule is CN(C)/C=C\N(C=O)c1ccc(-c2cc(F)cc(-c3cc(N4CCCC4)c4nc[nH]c4c3)c2O)cc1Cl. The molecule has 1 saturated heterocycles. The van der Waals surface area contributed by atoms with Gasteiger partial charge in [-0.3, -0.25) is 9.69 Å². The van der Waals surface area contributed by atoms with Gasteiger partial charge in [-0.15, -0.1) is 0 Å². The van der Waals surface area contributed by atoms with E-state index >= 15 is 0 Å². The molecule has 37 heavy (non-hydrogen) atoms. The van der Waals surface area contributed by atoms with Gasteiger partial charge in [0.1, 0.15) is 17.1 Å². The first kappa shape index (κ1) is 24.6. The fourth-order valence-corrected chi connectivity index (χ4v) is 4.96. The second kappa shape index (κ2) is 10.1. The highest BCUT2D eigenvalue weighted by molar-refractivity contribution is 6.34. The first-order valence-corrected chi connectivity index (χ1v) is 12.4. The average Bonchev–Trinajstić information content (AvgIpc) is 3.58. The van der Waals surface area contributed by atoms with Crippen LogP contribution in [0.25, 0.3) is 33.3 Å². The maximum atomic E-state index is 14.9. The van der Waals surface area contributed by atoms with E-state index in [0.717, 1.165) is 42.7 Å². The first-order valence-electron chi connectivity index (χ1n) is 12.0. The summed E-state index contributed by atoms with van der Waals surface area (Å²) < 4.78 is 14.9. The van der Waals surface area contributed by atoms with Crippen molar-refractivity contribution in [3.05, 3.63) is 72.0 Å². The number of benzene rings is 3. The van der Waals surface area contributed by atoms with Crippen LogP contribution in [0.15, 0.2) is 61.2 Å². The zero-order chi connectivity index (χ0) is 26.1. The molecule has 2 heterocycles. The standard InChI is InChI=1S/C28H27ClFN5O2/c1-33(2)9-10-35(17-36)25-6-5-18(11-23(25)29)21-14-20(30)15-22(28(21)37)19-12-24-27(32-16-31-24)26(13-19)34-7-3-4-8-34/h5-6,9-17,37H,3-4,7-8H2,1-2H3,(H,31,32)/b10-9-. The van der Waals surface area contributed by atoms with Gasteiger partial charge in [0.15, 0.2) is 0 Å². The molecule has 1 aromatic heterocycles. The third-order valence-electron chi connectivity index (χ3n) is 6.51. The number of hydrogen-bond donors (Lipinski definition) is 2. The number of fused-ring (bicyclic) bond motifs is 1. The van der Waals surface area contributed by atoms with Gasteiger partial charge in [0.05, 0.1) is 28.2 Å². The number of carbonyl (C=O) groups excluding carboxylic acids is 1. The minimum Gasteiger partial charge on any atom is -0.507 e. The smallest absolute Gasteiger partial charge is 0.218 e. The minimum atomic E-state index is -0.487. The van der Waals surface area contributed by atoms with Gasteiger partial charge in [-0.2, -0.15) is 0 Å². The van der Waals surface area contributed by atoms with E-state index in [1.165, 1.54) is 17.0 Å². The van der Waals surface area contributed by atoms with Crippen LogP contribution in [0, 0.1) is 5.82 Å². The van der Waals surface area contributed by atoms with Crippen molar-refractivity contribution < 1.29 is 14.3 Å². The minimum absolute atomic E-state index is 0.0591. The molecule has 0 bridgehead atoms. The van der Waals surface area contributed by atoms with Crippen molar-refractivity contribution in [3.8, 4) is 28.0 Å². The number of carbonyl (C=O) groups is 1. The summed E-state index contributed by atoms with van der Waals surface area (Å²) in [5.41, 5.74) is 4.98. The Morgan fingerprint density at radius 1 is 1.05 bits per heavy atom. The van der Waals surface area contributed by atoms with Crippen molar-refractivity contribution in [2.24, 2.45) is 0 Å². The molecule has 0 radical (unpaired) electrons. The highest BCUT2D eigenvalue weighted by atomic mass is 35.5. The van der Waals surface area contributed by atoms with Gasteiger partial charge in [0.25, 0.3) is 0 Å². The number of halogens is 2. The summed E-state index contributed by atoms with van der Waals surface area (Å²) in [6.07, 6.45) is 7.82. The number of phenols is 1. The zero-order valence-electron chi connectivity index (χ0n) is 20.6. The van der Waals surface area contributed by atoms with E-state index in [1.807, 2.05) is 26.2 Å².